The molecule has 2 aromatic heterocycles. The van der Waals surface area contributed by atoms with Crippen LogP contribution in [0.15, 0.2) is 47.0 Å². The lowest BCUT2D eigenvalue weighted by atomic mass is 10.1. The number of furan rings is 1. The average Bonchev–Trinajstić information content (AvgIpc) is 3.26. The maximum atomic E-state index is 12.0. The van der Waals surface area contributed by atoms with Crippen molar-refractivity contribution in [2.45, 2.75) is 33.9 Å². The van der Waals surface area contributed by atoms with Gasteiger partial charge >= 0.3 is 6.09 Å². The van der Waals surface area contributed by atoms with Crippen molar-refractivity contribution in [3.05, 3.63) is 70.8 Å². The highest BCUT2D eigenvalue weighted by Gasteiger charge is 2.10. The maximum Gasteiger partial charge on any atom is 0.413 e. The first-order valence-corrected chi connectivity index (χ1v) is 8.54. The number of nitrogens with zero attached hydrogens (tertiary/aromatic N) is 2. The Kier molecular flexibility index (Phi) is 5.40. The Morgan fingerprint density at radius 1 is 1.19 bits per heavy atom. The van der Waals surface area contributed by atoms with Gasteiger partial charge in [0.15, 0.2) is 17.4 Å². The van der Waals surface area contributed by atoms with E-state index in [4.69, 9.17) is 9.15 Å². The van der Waals surface area contributed by atoms with Crippen molar-refractivity contribution in [3.8, 4) is 0 Å². The molecule has 7 heteroatoms. The third kappa shape index (κ3) is 4.84. The van der Waals surface area contributed by atoms with Crippen LogP contribution >= 0.6 is 0 Å². The topological polar surface area (TPSA) is 86.4 Å². The summed E-state index contributed by atoms with van der Waals surface area (Å²) < 4.78 is 12.3. The van der Waals surface area contributed by atoms with E-state index < -0.39 is 6.09 Å². The third-order valence-electron chi connectivity index (χ3n) is 4.06. The second-order valence-electron chi connectivity index (χ2n) is 6.35. The van der Waals surface area contributed by atoms with E-state index in [0.29, 0.717) is 23.9 Å². The van der Waals surface area contributed by atoms with Crippen LogP contribution in [-0.4, -0.2) is 21.7 Å². The van der Waals surface area contributed by atoms with Gasteiger partial charge in [-0.2, -0.15) is 5.10 Å². The zero-order chi connectivity index (χ0) is 19.4. The van der Waals surface area contributed by atoms with Crippen LogP contribution in [0.2, 0.25) is 0 Å². The largest absolute Gasteiger partial charge is 0.456 e. The summed E-state index contributed by atoms with van der Waals surface area (Å²) in [5.74, 6) is 1.16. The van der Waals surface area contributed by atoms with E-state index in [2.05, 4.69) is 10.4 Å². The Bertz CT molecular complexity index is 971. The number of ether oxygens (including phenoxy) is 1. The van der Waals surface area contributed by atoms with Crippen LogP contribution < -0.4 is 5.32 Å². The molecule has 0 radical (unpaired) electrons. The van der Waals surface area contributed by atoms with Gasteiger partial charge in [0, 0.05) is 19.2 Å². The number of Topliss-reactive ketones (excluding diaryl/α,β-unsaturated/α-hetero) is 1. The molecule has 0 aliphatic heterocycles. The lowest BCUT2D eigenvalue weighted by Crippen LogP contribution is -2.14. The number of hydrogen-bond acceptors (Lipinski definition) is 5. The Morgan fingerprint density at radius 2 is 2.00 bits per heavy atom. The lowest BCUT2D eigenvalue weighted by molar-refractivity contribution is 0.0985. The van der Waals surface area contributed by atoms with Crippen molar-refractivity contribution in [3.63, 3.8) is 0 Å². The first kappa shape index (κ1) is 18.4. The van der Waals surface area contributed by atoms with E-state index in [1.165, 1.54) is 6.92 Å². The SMILES string of the molecule is CC(=O)c1ccc(Cn2ccc(NC(=O)OCc3cc(C)ccc3C)n2)o1. The summed E-state index contributed by atoms with van der Waals surface area (Å²) in [5.41, 5.74) is 3.15. The highest BCUT2D eigenvalue weighted by molar-refractivity contribution is 5.91. The summed E-state index contributed by atoms with van der Waals surface area (Å²) in [5, 5.41) is 6.84. The highest BCUT2D eigenvalue weighted by atomic mass is 16.5. The molecule has 0 fully saturated rings. The molecule has 1 aromatic carbocycles. The molecule has 0 atom stereocenters. The third-order valence-corrected chi connectivity index (χ3v) is 4.06. The molecule has 0 bridgehead atoms. The molecule has 7 nitrogen and oxygen atoms in total. The number of amides is 1. The van der Waals surface area contributed by atoms with Gasteiger partial charge in [0.1, 0.15) is 12.4 Å². The molecule has 1 N–H and O–H groups in total. The predicted octanol–water partition coefficient (Wildman–Crippen LogP) is 4.09. The quantitative estimate of drug-likeness (QED) is 0.663. The number of anilines is 1. The highest BCUT2D eigenvalue weighted by Crippen LogP contribution is 2.13. The van der Waals surface area contributed by atoms with Crippen molar-refractivity contribution < 1.29 is 18.7 Å². The molecule has 0 spiro atoms. The van der Waals surface area contributed by atoms with Gasteiger partial charge in [-0.05, 0) is 37.1 Å². The molecule has 0 unspecified atom stereocenters. The van der Waals surface area contributed by atoms with Gasteiger partial charge in [-0.25, -0.2) is 4.79 Å². The van der Waals surface area contributed by atoms with Crippen LogP contribution in [0.4, 0.5) is 10.6 Å². The molecule has 1 amide bonds. The second-order valence-corrected chi connectivity index (χ2v) is 6.35. The van der Waals surface area contributed by atoms with Crippen molar-refractivity contribution in [2.75, 3.05) is 5.32 Å². The molecule has 0 saturated heterocycles. The zero-order valence-corrected chi connectivity index (χ0v) is 15.5. The molecular weight excluding hydrogens is 346 g/mol. The van der Waals surface area contributed by atoms with Crippen molar-refractivity contribution in [2.24, 2.45) is 0 Å². The Hall–Kier alpha value is -3.35. The normalized spacial score (nSPS) is 10.6. The number of benzene rings is 1. The number of ketones is 1. The van der Waals surface area contributed by atoms with Gasteiger partial charge < -0.3 is 9.15 Å². The maximum absolute atomic E-state index is 12.0. The number of aryl methyl sites for hydroxylation is 2. The van der Waals surface area contributed by atoms with Gasteiger partial charge in [-0.15, -0.1) is 0 Å². The van der Waals surface area contributed by atoms with Crippen molar-refractivity contribution in [1.82, 2.24) is 9.78 Å². The van der Waals surface area contributed by atoms with Crippen LogP contribution in [0.5, 0.6) is 0 Å². The molecule has 3 aromatic rings. The summed E-state index contributed by atoms with van der Waals surface area (Å²) in [7, 11) is 0. The van der Waals surface area contributed by atoms with Crippen molar-refractivity contribution >= 4 is 17.7 Å². The molecule has 0 aliphatic carbocycles. The lowest BCUT2D eigenvalue weighted by Gasteiger charge is -2.08. The predicted molar refractivity (Wildman–Crippen MR) is 99.8 cm³/mol. The minimum Gasteiger partial charge on any atom is -0.456 e. The van der Waals surface area contributed by atoms with Crippen LogP contribution in [-0.2, 0) is 17.9 Å². The first-order chi connectivity index (χ1) is 12.9. The van der Waals surface area contributed by atoms with Gasteiger partial charge in [-0.3, -0.25) is 14.8 Å². The Labute approximate surface area is 156 Å². The number of aromatic nitrogens is 2. The fraction of sp³-hybridized carbons (Fsp3) is 0.250. The molecular formula is C20H21N3O4. The second kappa shape index (κ2) is 7.90. The summed E-state index contributed by atoms with van der Waals surface area (Å²) >= 11 is 0. The Balaban J connectivity index is 1.54. The number of rotatable bonds is 6. The summed E-state index contributed by atoms with van der Waals surface area (Å²) in [4.78, 5) is 23.3. The number of carbonyl (C=O) groups is 2. The minimum atomic E-state index is -0.571. The van der Waals surface area contributed by atoms with Gasteiger partial charge in [0.05, 0.1) is 6.54 Å². The van der Waals surface area contributed by atoms with Crippen LogP contribution in [0.1, 0.15) is 39.9 Å². The van der Waals surface area contributed by atoms with Gasteiger partial charge in [-0.1, -0.05) is 23.8 Å². The number of nitrogens with one attached hydrogen (secondary N) is 1. The van der Waals surface area contributed by atoms with E-state index in [0.717, 1.165) is 16.7 Å². The van der Waals surface area contributed by atoms with E-state index in [9.17, 15) is 9.59 Å². The van der Waals surface area contributed by atoms with Gasteiger partial charge in [0.2, 0.25) is 0 Å². The van der Waals surface area contributed by atoms with Crippen LogP contribution in [0, 0.1) is 13.8 Å². The van der Waals surface area contributed by atoms with E-state index in [1.54, 1.807) is 29.1 Å². The molecule has 3 rings (SSSR count). The number of hydrogen-bond donors (Lipinski definition) is 1. The first-order valence-electron chi connectivity index (χ1n) is 8.54. The average molecular weight is 367 g/mol. The van der Waals surface area contributed by atoms with E-state index in [1.807, 2.05) is 32.0 Å². The summed E-state index contributed by atoms with van der Waals surface area (Å²) in [6, 6.07) is 11.0. The molecule has 2 heterocycles. The summed E-state index contributed by atoms with van der Waals surface area (Å²) in [6.07, 6.45) is 1.13. The van der Waals surface area contributed by atoms with Crippen molar-refractivity contribution in [1.29, 1.82) is 0 Å². The number of carbonyl (C=O) groups excluding carboxylic acids is 2. The fourth-order valence-electron chi connectivity index (χ4n) is 2.57. The zero-order valence-electron chi connectivity index (χ0n) is 15.5. The smallest absolute Gasteiger partial charge is 0.413 e. The van der Waals surface area contributed by atoms with E-state index >= 15 is 0 Å². The molecule has 27 heavy (non-hydrogen) atoms. The summed E-state index contributed by atoms with van der Waals surface area (Å²) in [6.45, 7) is 5.97. The van der Waals surface area contributed by atoms with Gasteiger partial charge in [0.25, 0.3) is 0 Å². The molecule has 0 aliphatic rings. The monoisotopic (exact) mass is 367 g/mol. The fourth-order valence-corrected chi connectivity index (χ4v) is 2.57. The standard InChI is InChI=1S/C20H21N3O4/c1-13-4-5-14(2)16(10-13)12-26-20(25)21-19-8-9-23(22-19)11-17-6-7-18(27-17)15(3)24/h4-10H,11-12H2,1-3H3,(H,21,22,25). The Morgan fingerprint density at radius 3 is 2.74 bits per heavy atom. The molecule has 0 saturated carbocycles. The van der Waals surface area contributed by atoms with E-state index in [-0.39, 0.29) is 12.4 Å². The van der Waals surface area contributed by atoms with Crippen LogP contribution in [0.25, 0.3) is 0 Å². The molecule has 140 valence electrons. The minimum absolute atomic E-state index is 0.129. The van der Waals surface area contributed by atoms with Crippen LogP contribution in [0.3, 0.4) is 0 Å².